The summed E-state index contributed by atoms with van der Waals surface area (Å²) in [7, 11) is 0. The summed E-state index contributed by atoms with van der Waals surface area (Å²) in [6.07, 6.45) is 0.724. The molecule has 4 heteroatoms. The summed E-state index contributed by atoms with van der Waals surface area (Å²) < 4.78 is 18.9. The monoisotopic (exact) mass is 424 g/mol. The molecule has 0 aromatic heterocycles. The highest BCUT2D eigenvalue weighted by Gasteiger charge is 2.25. The summed E-state index contributed by atoms with van der Waals surface area (Å²) in [5.41, 5.74) is 3.47. The second-order valence-corrected chi connectivity index (χ2v) is 8.08. The lowest BCUT2D eigenvalue weighted by atomic mass is 9.81. The van der Waals surface area contributed by atoms with E-state index in [1.54, 1.807) is 36.4 Å². The summed E-state index contributed by atoms with van der Waals surface area (Å²) in [5, 5.41) is 0. The first-order valence-corrected chi connectivity index (χ1v) is 10.7. The summed E-state index contributed by atoms with van der Waals surface area (Å²) in [4.78, 5) is 13.5. The molecule has 3 aromatic carbocycles. The maximum absolute atomic E-state index is 13.5. The molecule has 1 unspecified atom stereocenters. The van der Waals surface area contributed by atoms with Crippen molar-refractivity contribution in [3.05, 3.63) is 89.7 Å². The molecule has 0 aliphatic heterocycles. The molecule has 0 saturated heterocycles. The number of hydrogen-bond donors (Lipinski definition) is 0. The fourth-order valence-corrected chi connectivity index (χ4v) is 3.69. The minimum Gasteiger partial charge on any atom is -0.492 e. The zero-order valence-electron chi connectivity index (χ0n) is 17.3. The number of alkyl halides is 1. The number of carbonyl (C=O) groups excluding carboxylic acids is 1. The number of benzene rings is 3. The number of ether oxygens (including phenoxy) is 1. The third kappa shape index (κ3) is 5.48. The molecule has 0 heterocycles. The molecule has 0 saturated carbocycles. The molecule has 0 aliphatic carbocycles. The number of carbonyl (C=O) groups is 1. The minimum atomic E-state index is -0.291. The van der Waals surface area contributed by atoms with Gasteiger partial charge in [-0.1, -0.05) is 50.2 Å². The zero-order chi connectivity index (χ0) is 21.5. The summed E-state index contributed by atoms with van der Waals surface area (Å²) in [6.45, 7) is 4.66. The van der Waals surface area contributed by atoms with Crippen LogP contribution >= 0.6 is 11.6 Å². The van der Waals surface area contributed by atoms with Crippen LogP contribution in [0, 0.1) is 11.7 Å². The Morgan fingerprint density at radius 3 is 2.27 bits per heavy atom. The first-order valence-electron chi connectivity index (χ1n) is 10.2. The maximum Gasteiger partial charge on any atom is 0.170 e. The van der Waals surface area contributed by atoms with E-state index >= 15 is 0 Å². The average molecular weight is 425 g/mol. The van der Waals surface area contributed by atoms with E-state index in [9.17, 15) is 9.18 Å². The van der Waals surface area contributed by atoms with E-state index in [4.69, 9.17) is 16.3 Å². The van der Waals surface area contributed by atoms with Crippen LogP contribution in [0.1, 0.15) is 42.1 Å². The van der Waals surface area contributed by atoms with Gasteiger partial charge < -0.3 is 4.74 Å². The molecule has 2 nitrogen and oxygen atoms in total. The van der Waals surface area contributed by atoms with Gasteiger partial charge in [0.05, 0.1) is 5.88 Å². The minimum absolute atomic E-state index is 0.0714. The molecule has 0 aliphatic rings. The molecule has 3 aromatic rings. The van der Waals surface area contributed by atoms with Crippen molar-refractivity contribution in [2.24, 2.45) is 5.92 Å². The van der Waals surface area contributed by atoms with E-state index < -0.39 is 0 Å². The van der Waals surface area contributed by atoms with Crippen molar-refractivity contribution in [2.45, 2.75) is 26.2 Å². The molecule has 0 bridgehead atoms. The lowest BCUT2D eigenvalue weighted by molar-refractivity contribution is 0.0949. The highest BCUT2D eigenvalue weighted by Crippen LogP contribution is 2.35. The van der Waals surface area contributed by atoms with Crippen LogP contribution in [-0.4, -0.2) is 18.3 Å². The van der Waals surface area contributed by atoms with Crippen LogP contribution in [0.15, 0.2) is 72.8 Å². The van der Waals surface area contributed by atoms with Crippen LogP contribution in [0.5, 0.6) is 5.75 Å². The highest BCUT2D eigenvalue weighted by molar-refractivity contribution is 6.18. The van der Waals surface area contributed by atoms with Crippen molar-refractivity contribution < 1.29 is 13.9 Å². The predicted octanol–water partition coefficient (Wildman–Crippen LogP) is 7.12. The van der Waals surface area contributed by atoms with E-state index in [1.807, 2.05) is 24.3 Å². The Balaban J connectivity index is 1.97. The summed E-state index contributed by atoms with van der Waals surface area (Å²) in [6, 6.07) is 21.5. The summed E-state index contributed by atoms with van der Waals surface area (Å²) >= 11 is 5.67. The first-order chi connectivity index (χ1) is 14.5. The van der Waals surface area contributed by atoms with Crippen molar-refractivity contribution in [1.29, 1.82) is 0 Å². The molecule has 0 spiro atoms. The van der Waals surface area contributed by atoms with Gasteiger partial charge in [0.2, 0.25) is 0 Å². The van der Waals surface area contributed by atoms with Crippen molar-refractivity contribution in [2.75, 3.05) is 12.5 Å². The summed E-state index contributed by atoms with van der Waals surface area (Å²) in [5.74, 6) is 0.952. The molecule has 3 rings (SSSR count). The molecular formula is C26H26ClFO2. The van der Waals surface area contributed by atoms with Gasteiger partial charge >= 0.3 is 0 Å². The molecule has 1 atom stereocenters. The van der Waals surface area contributed by atoms with Crippen LogP contribution in [0.3, 0.4) is 0 Å². The van der Waals surface area contributed by atoms with Gasteiger partial charge in [-0.25, -0.2) is 4.39 Å². The van der Waals surface area contributed by atoms with Gasteiger partial charge in [0.1, 0.15) is 18.2 Å². The van der Waals surface area contributed by atoms with E-state index in [1.165, 1.54) is 12.1 Å². The largest absolute Gasteiger partial charge is 0.492 e. The van der Waals surface area contributed by atoms with E-state index in [0.29, 0.717) is 29.7 Å². The Kier molecular flexibility index (Phi) is 7.64. The lowest BCUT2D eigenvalue weighted by Gasteiger charge is -2.22. The molecule has 0 amide bonds. The number of ketones is 1. The standard InChI is InChI=1S/C26H26ClFO2/c1-18(2)17-25(26(29)20-9-13-22(14-10-20)30-16-15-27)24-6-4-3-5-23(24)19-7-11-21(28)12-8-19/h3-14,18,25H,15-17H2,1-2H3. The molecule has 0 radical (unpaired) electrons. The molecule has 156 valence electrons. The van der Waals surface area contributed by atoms with Crippen molar-refractivity contribution in [3.8, 4) is 16.9 Å². The highest BCUT2D eigenvalue weighted by atomic mass is 35.5. The van der Waals surface area contributed by atoms with Crippen molar-refractivity contribution >= 4 is 17.4 Å². The Bertz CT molecular complexity index is 965. The van der Waals surface area contributed by atoms with Crippen LogP contribution in [0.2, 0.25) is 0 Å². The molecule has 30 heavy (non-hydrogen) atoms. The smallest absolute Gasteiger partial charge is 0.170 e. The van der Waals surface area contributed by atoms with Gasteiger partial charge in [0.15, 0.2) is 5.78 Å². The quantitative estimate of drug-likeness (QED) is 0.270. The van der Waals surface area contributed by atoms with Crippen LogP contribution in [-0.2, 0) is 0 Å². The number of Topliss-reactive ketones (excluding diaryl/α,β-unsaturated/α-hetero) is 1. The van der Waals surface area contributed by atoms with Gasteiger partial charge in [-0.3, -0.25) is 4.79 Å². The maximum atomic E-state index is 13.5. The number of hydrogen-bond acceptors (Lipinski definition) is 2. The Morgan fingerprint density at radius 2 is 1.63 bits per heavy atom. The number of halogens is 2. The predicted molar refractivity (Wildman–Crippen MR) is 121 cm³/mol. The van der Waals surface area contributed by atoms with Gasteiger partial charge in [0.25, 0.3) is 0 Å². The Labute approximate surface area is 182 Å². The zero-order valence-corrected chi connectivity index (χ0v) is 18.0. The van der Waals surface area contributed by atoms with Gasteiger partial charge in [-0.05, 0) is 65.4 Å². The molecule has 0 N–H and O–H groups in total. The van der Waals surface area contributed by atoms with Gasteiger partial charge in [-0.2, -0.15) is 0 Å². The van der Waals surface area contributed by atoms with E-state index in [-0.39, 0.29) is 17.5 Å². The Morgan fingerprint density at radius 1 is 0.967 bits per heavy atom. The topological polar surface area (TPSA) is 26.3 Å². The van der Waals surface area contributed by atoms with Crippen LogP contribution in [0.25, 0.3) is 11.1 Å². The SMILES string of the molecule is CC(C)CC(C(=O)c1ccc(OCCCl)cc1)c1ccccc1-c1ccc(F)cc1. The fraction of sp³-hybridized carbons (Fsp3) is 0.269. The van der Waals surface area contributed by atoms with Crippen LogP contribution in [0.4, 0.5) is 4.39 Å². The van der Waals surface area contributed by atoms with Crippen LogP contribution < -0.4 is 4.74 Å². The molecular weight excluding hydrogens is 399 g/mol. The lowest BCUT2D eigenvalue weighted by Crippen LogP contribution is -2.16. The third-order valence-electron chi connectivity index (χ3n) is 5.00. The average Bonchev–Trinajstić information content (AvgIpc) is 2.76. The molecule has 0 fully saturated rings. The first kappa shape index (κ1) is 22.0. The van der Waals surface area contributed by atoms with Crippen molar-refractivity contribution in [1.82, 2.24) is 0 Å². The third-order valence-corrected chi connectivity index (χ3v) is 5.15. The van der Waals surface area contributed by atoms with Crippen molar-refractivity contribution in [3.63, 3.8) is 0 Å². The van der Waals surface area contributed by atoms with E-state index in [0.717, 1.165) is 23.1 Å². The number of rotatable bonds is 9. The Hall–Kier alpha value is -2.65. The van der Waals surface area contributed by atoms with E-state index in [2.05, 4.69) is 13.8 Å². The normalized spacial score (nSPS) is 12.0. The fourth-order valence-electron chi connectivity index (χ4n) is 3.61. The second-order valence-electron chi connectivity index (χ2n) is 7.70. The van der Waals surface area contributed by atoms with Gasteiger partial charge in [-0.15, -0.1) is 11.6 Å². The second kappa shape index (κ2) is 10.4. The van der Waals surface area contributed by atoms with Gasteiger partial charge in [0, 0.05) is 11.5 Å².